The SMILES string of the molecule is CCC[C@H](NC(=O)[C@@H]1[C@H]2CCCC2CN1C(=O)[C@@H](NC(=O)[C@H](CC1CCCCC1)NC(=O)[C@H](CNC(=O)OC)NC(=O)OC)C(C)(C)C)C(O)C(=O)NC1CC1. The Morgan fingerprint density at radius 2 is 1.43 bits per heavy atom. The van der Waals surface area contributed by atoms with Crippen LogP contribution in [0.3, 0.4) is 0 Å². The Morgan fingerprint density at radius 1 is 0.768 bits per heavy atom. The number of aliphatic hydroxyl groups excluding tert-OH is 1. The maximum Gasteiger partial charge on any atom is 0.407 e. The highest BCUT2D eigenvalue weighted by atomic mass is 16.5. The van der Waals surface area contributed by atoms with Gasteiger partial charge in [0.15, 0.2) is 6.10 Å². The number of nitrogens with zero attached hydrogens (tertiary/aromatic N) is 1. The summed E-state index contributed by atoms with van der Waals surface area (Å²) in [7, 11) is 2.28. The molecule has 7 amide bonds. The highest BCUT2D eigenvalue weighted by molar-refractivity contribution is 5.96. The van der Waals surface area contributed by atoms with E-state index in [2.05, 4.69) is 41.4 Å². The lowest BCUT2D eigenvalue weighted by Crippen LogP contribution is -2.63. The van der Waals surface area contributed by atoms with Crippen LogP contribution < -0.4 is 31.9 Å². The van der Waals surface area contributed by atoms with E-state index in [0.29, 0.717) is 19.4 Å². The fourth-order valence-electron chi connectivity index (χ4n) is 8.44. The molecule has 4 rings (SSSR count). The topological polar surface area (TPSA) is 234 Å². The molecule has 3 aliphatic carbocycles. The summed E-state index contributed by atoms with van der Waals surface area (Å²) in [6.45, 7) is 7.32. The van der Waals surface area contributed by atoms with Gasteiger partial charge in [-0.05, 0) is 61.7 Å². The van der Waals surface area contributed by atoms with Gasteiger partial charge < -0.3 is 51.4 Å². The second-order valence-electron chi connectivity index (χ2n) is 17.1. The second kappa shape index (κ2) is 20.3. The molecule has 1 saturated heterocycles. The molecule has 8 atom stereocenters. The summed E-state index contributed by atoms with van der Waals surface area (Å²) in [4.78, 5) is 95.3. The lowest BCUT2D eigenvalue weighted by Gasteiger charge is -2.38. The van der Waals surface area contributed by atoms with E-state index in [0.717, 1.165) is 78.4 Å². The maximum atomic E-state index is 14.7. The van der Waals surface area contributed by atoms with Crippen LogP contribution in [-0.2, 0) is 33.4 Å². The van der Waals surface area contributed by atoms with Gasteiger partial charge in [-0.25, -0.2) is 9.59 Å². The summed E-state index contributed by atoms with van der Waals surface area (Å²) >= 11 is 0. The third-order valence-corrected chi connectivity index (χ3v) is 11.7. The number of fused-ring (bicyclic) bond motifs is 1. The molecule has 4 aliphatic rings. The Hall–Kier alpha value is -4.15. The second-order valence-corrected chi connectivity index (χ2v) is 17.1. The summed E-state index contributed by atoms with van der Waals surface area (Å²) in [6, 6.07) is -5.17. The third kappa shape index (κ3) is 12.2. The molecule has 2 unspecified atom stereocenters. The van der Waals surface area contributed by atoms with Crippen molar-refractivity contribution in [3.8, 4) is 0 Å². The third-order valence-electron chi connectivity index (χ3n) is 11.7. The number of aliphatic hydroxyl groups is 1. The minimum absolute atomic E-state index is 0.0407. The molecule has 1 aliphatic heterocycles. The average Bonchev–Trinajstić information content (AvgIpc) is 3.73. The Balaban J connectivity index is 1.56. The number of hydrogen-bond acceptors (Lipinski definition) is 10. The molecule has 0 aromatic heterocycles. The van der Waals surface area contributed by atoms with Crippen molar-refractivity contribution in [3.63, 3.8) is 0 Å². The Labute approximate surface area is 330 Å². The van der Waals surface area contributed by atoms with Crippen LogP contribution in [0.15, 0.2) is 0 Å². The van der Waals surface area contributed by atoms with Crippen LogP contribution >= 0.6 is 0 Å². The Bertz CT molecular complexity index is 1410. The van der Waals surface area contributed by atoms with Crippen LogP contribution in [0.4, 0.5) is 9.59 Å². The van der Waals surface area contributed by atoms with Crippen molar-refractivity contribution in [2.24, 2.45) is 23.2 Å². The summed E-state index contributed by atoms with van der Waals surface area (Å²) < 4.78 is 9.28. The largest absolute Gasteiger partial charge is 0.453 e. The molecule has 7 N–H and O–H groups in total. The molecule has 3 saturated carbocycles. The van der Waals surface area contributed by atoms with Crippen molar-refractivity contribution >= 4 is 41.7 Å². The molecule has 17 nitrogen and oxygen atoms in total. The molecule has 1 heterocycles. The summed E-state index contributed by atoms with van der Waals surface area (Å²) in [5.41, 5.74) is -0.827. The number of carbonyl (C=O) groups excluding carboxylic acids is 7. The first-order valence-electron chi connectivity index (χ1n) is 20.4. The summed E-state index contributed by atoms with van der Waals surface area (Å²) in [5.74, 6) is -2.66. The molecule has 0 aromatic carbocycles. The van der Waals surface area contributed by atoms with Crippen LogP contribution in [0.25, 0.3) is 0 Å². The monoisotopic (exact) mass is 791 g/mol. The van der Waals surface area contributed by atoms with Gasteiger partial charge in [0.2, 0.25) is 23.6 Å². The van der Waals surface area contributed by atoms with E-state index >= 15 is 0 Å². The highest BCUT2D eigenvalue weighted by Gasteiger charge is 2.52. The average molecular weight is 792 g/mol. The molecule has 0 spiro atoms. The van der Waals surface area contributed by atoms with E-state index in [-0.39, 0.29) is 36.8 Å². The lowest BCUT2D eigenvalue weighted by atomic mass is 9.83. The zero-order valence-corrected chi connectivity index (χ0v) is 33.9. The lowest BCUT2D eigenvalue weighted by molar-refractivity contribution is -0.146. The Morgan fingerprint density at radius 3 is 2.04 bits per heavy atom. The highest BCUT2D eigenvalue weighted by Crippen LogP contribution is 2.43. The van der Waals surface area contributed by atoms with Gasteiger partial charge >= 0.3 is 12.2 Å². The molecule has 316 valence electrons. The minimum Gasteiger partial charge on any atom is -0.453 e. The molecule has 0 aromatic rings. The van der Waals surface area contributed by atoms with Crippen LogP contribution in [0.5, 0.6) is 0 Å². The normalized spacial score (nSPS) is 23.6. The quantitative estimate of drug-likeness (QED) is 0.112. The van der Waals surface area contributed by atoms with Crippen molar-refractivity contribution in [1.29, 1.82) is 0 Å². The predicted molar refractivity (Wildman–Crippen MR) is 205 cm³/mol. The van der Waals surface area contributed by atoms with Crippen molar-refractivity contribution in [2.75, 3.05) is 27.3 Å². The molecular weight excluding hydrogens is 726 g/mol. The fourth-order valence-corrected chi connectivity index (χ4v) is 8.44. The van der Waals surface area contributed by atoms with Crippen LogP contribution in [0.1, 0.15) is 111 Å². The maximum absolute atomic E-state index is 14.7. The van der Waals surface area contributed by atoms with E-state index in [1.165, 1.54) is 0 Å². The number of hydrogen-bond donors (Lipinski definition) is 7. The predicted octanol–water partition coefficient (Wildman–Crippen LogP) is 1.60. The van der Waals surface area contributed by atoms with Gasteiger partial charge in [0.1, 0.15) is 24.2 Å². The van der Waals surface area contributed by atoms with Gasteiger partial charge in [0.25, 0.3) is 5.91 Å². The first-order chi connectivity index (χ1) is 26.6. The number of rotatable bonds is 17. The number of ether oxygens (including phenoxy) is 2. The van der Waals surface area contributed by atoms with Crippen LogP contribution in [0, 0.1) is 23.2 Å². The van der Waals surface area contributed by atoms with E-state index in [9.17, 15) is 38.7 Å². The van der Waals surface area contributed by atoms with Gasteiger partial charge in [0, 0.05) is 12.6 Å². The van der Waals surface area contributed by atoms with Crippen LogP contribution in [-0.4, -0.2) is 121 Å². The number of amides is 7. The number of nitrogens with one attached hydrogen (secondary N) is 6. The Kier molecular flexibility index (Phi) is 16.2. The van der Waals surface area contributed by atoms with Gasteiger partial charge in [-0.1, -0.05) is 72.6 Å². The molecule has 56 heavy (non-hydrogen) atoms. The van der Waals surface area contributed by atoms with Gasteiger partial charge in [-0.3, -0.25) is 24.0 Å². The number of methoxy groups -OCH3 is 2. The van der Waals surface area contributed by atoms with Crippen LogP contribution in [0.2, 0.25) is 0 Å². The van der Waals surface area contributed by atoms with Gasteiger partial charge in [-0.2, -0.15) is 0 Å². The van der Waals surface area contributed by atoms with Crippen molar-refractivity contribution in [1.82, 2.24) is 36.8 Å². The smallest absolute Gasteiger partial charge is 0.407 e. The van der Waals surface area contributed by atoms with Crippen molar-refractivity contribution in [3.05, 3.63) is 0 Å². The molecule has 0 radical (unpaired) electrons. The molecule has 0 bridgehead atoms. The number of carbonyl (C=O) groups is 7. The first-order valence-corrected chi connectivity index (χ1v) is 20.4. The van der Waals surface area contributed by atoms with Gasteiger partial charge in [0.05, 0.1) is 26.8 Å². The molecule has 4 fully saturated rings. The summed E-state index contributed by atoms with van der Waals surface area (Å²) in [5, 5.41) is 27.2. The van der Waals surface area contributed by atoms with E-state index in [1.807, 2.05) is 27.7 Å². The van der Waals surface area contributed by atoms with Crippen molar-refractivity contribution in [2.45, 2.75) is 154 Å². The molecular formula is C39H65N7O10. The van der Waals surface area contributed by atoms with Crippen molar-refractivity contribution < 1.29 is 48.1 Å². The summed E-state index contributed by atoms with van der Waals surface area (Å²) in [6.07, 6.45) is 7.02. The van der Waals surface area contributed by atoms with E-state index < -0.39 is 83.5 Å². The standard InChI is InChI=1S/C39H65N7O10/c1-7-12-26(30(47)35(51)41-24-17-18-24)42-34(50)29-25-16-11-15-23(25)21-46(29)36(52)31(39(2,3)4)45-32(48)27(19-22-13-9-8-10-14-22)43-33(49)28(44-38(54)56-6)20-40-37(53)55-5/h22-31,47H,7-21H2,1-6H3,(H,40,53)(H,41,51)(H,42,50)(H,43,49)(H,44,54)(H,45,48)/t23?,25-,26-,27-,28-,29-,30?,31+/m0/s1. The van der Waals surface area contributed by atoms with E-state index in [1.54, 1.807) is 4.90 Å². The first kappa shape index (κ1) is 44.6. The van der Waals surface area contributed by atoms with E-state index in [4.69, 9.17) is 0 Å². The number of likely N-dealkylation sites (tertiary alicyclic amines) is 1. The minimum atomic E-state index is -1.44. The zero-order chi connectivity index (χ0) is 41.2. The molecule has 17 heteroatoms. The van der Waals surface area contributed by atoms with Gasteiger partial charge in [-0.15, -0.1) is 0 Å². The fraction of sp³-hybridized carbons (Fsp3) is 0.821. The number of alkyl carbamates (subject to hydrolysis) is 2. The zero-order valence-electron chi connectivity index (χ0n) is 33.9.